The van der Waals surface area contributed by atoms with Crippen LogP contribution >= 0.6 is 11.3 Å². The van der Waals surface area contributed by atoms with Crippen molar-refractivity contribution >= 4 is 34.2 Å². The van der Waals surface area contributed by atoms with Crippen LogP contribution in [0, 0.1) is 0 Å². The van der Waals surface area contributed by atoms with E-state index >= 15 is 0 Å². The van der Waals surface area contributed by atoms with Gasteiger partial charge in [-0.2, -0.15) is 0 Å². The molecule has 0 unspecified atom stereocenters. The average molecular weight is 470 g/mol. The van der Waals surface area contributed by atoms with Crippen molar-refractivity contribution in [2.75, 3.05) is 38.0 Å². The van der Waals surface area contributed by atoms with E-state index in [9.17, 15) is 14.4 Å². The lowest BCUT2D eigenvalue weighted by Gasteiger charge is -2.26. The van der Waals surface area contributed by atoms with Gasteiger partial charge in [0.05, 0.1) is 12.1 Å². The van der Waals surface area contributed by atoms with Crippen LogP contribution in [-0.2, 0) is 16.0 Å². The number of carbonyl (C=O) groups excluding carboxylic acids is 3. The summed E-state index contributed by atoms with van der Waals surface area (Å²) in [5.74, 6) is -0.476. The summed E-state index contributed by atoms with van der Waals surface area (Å²) < 4.78 is 0. The molecule has 0 spiro atoms. The Labute approximate surface area is 198 Å². The van der Waals surface area contributed by atoms with Crippen LogP contribution in [-0.4, -0.2) is 71.3 Å². The van der Waals surface area contributed by atoms with Crippen molar-refractivity contribution in [1.29, 1.82) is 0 Å². The van der Waals surface area contributed by atoms with Gasteiger partial charge in [-0.05, 0) is 50.9 Å². The third-order valence-electron chi connectivity index (χ3n) is 5.92. The highest BCUT2D eigenvalue weighted by Gasteiger charge is 2.34. The summed E-state index contributed by atoms with van der Waals surface area (Å²) in [6.45, 7) is 3.73. The highest BCUT2D eigenvalue weighted by Crippen LogP contribution is 2.28. The number of nitrogens with zero attached hydrogens (tertiary/aromatic N) is 3. The molecule has 0 radical (unpaired) electrons. The van der Waals surface area contributed by atoms with Crippen LogP contribution in [0.4, 0.5) is 5.13 Å². The lowest BCUT2D eigenvalue weighted by Crippen LogP contribution is -2.39. The number of aromatic nitrogens is 1. The topological polar surface area (TPSA) is 94.6 Å². The van der Waals surface area contributed by atoms with Gasteiger partial charge in [-0.25, -0.2) is 4.98 Å². The van der Waals surface area contributed by atoms with Crippen LogP contribution in [0.1, 0.15) is 48.2 Å². The normalized spacial score (nSPS) is 16.2. The lowest BCUT2D eigenvalue weighted by molar-refractivity contribution is -0.120. The molecule has 1 aliphatic heterocycles. The van der Waals surface area contributed by atoms with Gasteiger partial charge in [0.15, 0.2) is 5.13 Å². The number of thiazole rings is 1. The van der Waals surface area contributed by atoms with E-state index in [1.807, 2.05) is 18.2 Å². The van der Waals surface area contributed by atoms with Gasteiger partial charge in [0.25, 0.3) is 5.91 Å². The maximum atomic E-state index is 12.8. The zero-order valence-electron chi connectivity index (χ0n) is 18.8. The van der Waals surface area contributed by atoms with Crippen molar-refractivity contribution < 1.29 is 14.4 Å². The monoisotopic (exact) mass is 469 g/mol. The van der Waals surface area contributed by atoms with E-state index in [1.54, 1.807) is 22.4 Å². The van der Waals surface area contributed by atoms with Crippen LogP contribution in [0.3, 0.4) is 0 Å². The van der Waals surface area contributed by atoms with Crippen LogP contribution < -0.4 is 10.6 Å². The van der Waals surface area contributed by atoms with E-state index in [-0.39, 0.29) is 36.7 Å². The Morgan fingerprint density at radius 3 is 2.55 bits per heavy atom. The molecule has 2 fully saturated rings. The van der Waals surface area contributed by atoms with Crippen molar-refractivity contribution in [3.63, 3.8) is 0 Å². The Bertz CT molecular complexity index is 954. The van der Waals surface area contributed by atoms with Gasteiger partial charge in [0.2, 0.25) is 11.8 Å². The highest BCUT2D eigenvalue weighted by molar-refractivity contribution is 7.13. The zero-order valence-corrected chi connectivity index (χ0v) is 19.6. The summed E-state index contributed by atoms with van der Waals surface area (Å²) in [5, 5.41) is 7.96. The first kappa shape index (κ1) is 23.4. The minimum Gasteiger partial charge on any atom is -0.354 e. The number of amides is 3. The molecular formula is C24H31N5O3S. The molecule has 2 aromatic rings. The van der Waals surface area contributed by atoms with Crippen LogP contribution in [0.5, 0.6) is 0 Å². The lowest BCUT2D eigenvalue weighted by atomic mass is 10.1. The molecule has 176 valence electrons. The maximum Gasteiger partial charge on any atom is 0.254 e. The second kappa shape index (κ2) is 11.4. The van der Waals surface area contributed by atoms with Crippen LogP contribution in [0.2, 0.25) is 0 Å². The fourth-order valence-corrected chi connectivity index (χ4v) is 4.75. The minimum atomic E-state index is -0.280. The zero-order chi connectivity index (χ0) is 23.0. The van der Waals surface area contributed by atoms with Crippen molar-refractivity contribution in [1.82, 2.24) is 20.1 Å². The number of hydrogen-bond acceptors (Lipinski definition) is 6. The predicted octanol–water partition coefficient (Wildman–Crippen LogP) is 2.53. The maximum absolute atomic E-state index is 12.8. The highest BCUT2D eigenvalue weighted by atomic mass is 32.1. The van der Waals surface area contributed by atoms with Crippen molar-refractivity contribution in [3.05, 3.63) is 47.0 Å². The Balaban J connectivity index is 1.22. The average Bonchev–Trinajstić information content (AvgIpc) is 3.58. The summed E-state index contributed by atoms with van der Waals surface area (Å²) >= 11 is 1.29. The van der Waals surface area contributed by atoms with E-state index in [4.69, 9.17) is 0 Å². The number of rotatable bonds is 10. The van der Waals surface area contributed by atoms with E-state index < -0.39 is 0 Å². The van der Waals surface area contributed by atoms with E-state index in [1.165, 1.54) is 30.6 Å². The predicted molar refractivity (Wildman–Crippen MR) is 128 cm³/mol. The molecule has 1 aromatic carbocycles. The SMILES string of the molecule is O=C(Cc1csc(NC(=O)CN(C(=O)c2ccccc2)C2CC2)n1)NCCN1CCCCC1. The first-order valence-electron chi connectivity index (χ1n) is 11.7. The van der Waals surface area contributed by atoms with Crippen molar-refractivity contribution in [2.45, 2.75) is 44.6 Å². The summed E-state index contributed by atoms with van der Waals surface area (Å²) in [6.07, 6.45) is 5.79. The third kappa shape index (κ3) is 7.10. The molecule has 4 rings (SSSR count). The Morgan fingerprint density at radius 2 is 1.82 bits per heavy atom. The van der Waals surface area contributed by atoms with Crippen LogP contribution in [0.25, 0.3) is 0 Å². The molecule has 0 atom stereocenters. The molecule has 2 heterocycles. The number of benzene rings is 1. The van der Waals surface area contributed by atoms with Crippen molar-refractivity contribution in [3.8, 4) is 0 Å². The number of likely N-dealkylation sites (tertiary alicyclic amines) is 1. The summed E-state index contributed by atoms with van der Waals surface area (Å²) in [4.78, 5) is 46.0. The Hall–Kier alpha value is -2.78. The molecule has 2 N–H and O–H groups in total. The second-order valence-electron chi connectivity index (χ2n) is 8.65. The van der Waals surface area contributed by atoms with Gasteiger partial charge in [0, 0.05) is 30.1 Å². The number of hydrogen-bond donors (Lipinski definition) is 2. The first-order valence-corrected chi connectivity index (χ1v) is 12.6. The molecule has 1 saturated carbocycles. The molecule has 1 aliphatic carbocycles. The largest absolute Gasteiger partial charge is 0.354 e. The third-order valence-corrected chi connectivity index (χ3v) is 6.73. The molecule has 0 bridgehead atoms. The van der Waals surface area contributed by atoms with Crippen molar-refractivity contribution in [2.24, 2.45) is 0 Å². The van der Waals surface area contributed by atoms with Gasteiger partial charge in [-0.3, -0.25) is 14.4 Å². The minimum absolute atomic E-state index is 0.00963. The van der Waals surface area contributed by atoms with E-state index in [2.05, 4.69) is 20.5 Å². The number of carbonyl (C=O) groups is 3. The van der Waals surface area contributed by atoms with Crippen LogP contribution in [0.15, 0.2) is 35.7 Å². The molecule has 2 aliphatic rings. The van der Waals surface area contributed by atoms with Gasteiger partial charge in [-0.1, -0.05) is 24.6 Å². The van der Waals surface area contributed by atoms with Gasteiger partial charge in [0.1, 0.15) is 6.54 Å². The fourth-order valence-electron chi connectivity index (χ4n) is 4.02. The van der Waals surface area contributed by atoms with E-state index in [0.717, 1.165) is 32.5 Å². The number of anilines is 1. The Kier molecular flexibility index (Phi) is 8.06. The molecule has 9 heteroatoms. The number of nitrogens with one attached hydrogen (secondary N) is 2. The molecule has 8 nitrogen and oxygen atoms in total. The first-order chi connectivity index (χ1) is 16.1. The molecule has 1 saturated heterocycles. The molecular weight excluding hydrogens is 438 g/mol. The van der Waals surface area contributed by atoms with Gasteiger partial charge >= 0.3 is 0 Å². The summed E-state index contributed by atoms with van der Waals surface area (Å²) in [5.41, 5.74) is 1.21. The summed E-state index contributed by atoms with van der Waals surface area (Å²) in [6, 6.07) is 9.14. The molecule has 3 amide bonds. The fraction of sp³-hybridized carbons (Fsp3) is 0.500. The number of piperidine rings is 1. The van der Waals surface area contributed by atoms with E-state index in [0.29, 0.717) is 22.9 Å². The quantitative estimate of drug-likeness (QED) is 0.558. The van der Waals surface area contributed by atoms with Gasteiger partial charge in [-0.15, -0.1) is 11.3 Å². The summed E-state index contributed by atoms with van der Waals surface area (Å²) in [7, 11) is 0. The second-order valence-corrected chi connectivity index (χ2v) is 9.51. The molecule has 33 heavy (non-hydrogen) atoms. The molecule has 1 aromatic heterocycles. The smallest absolute Gasteiger partial charge is 0.254 e. The Morgan fingerprint density at radius 1 is 1.06 bits per heavy atom. The standard InChI is InChI=1S/C24H31N5O3S/c30-21(25-11-14-28-12-5-2-6-13-28)15-19-17-33-24(26-19)27-22(31)16-29(20-9-10-20)23(32)18-7-3-1-4-8-18/h1,3-4,7-8,17,20H,2,5-6,9-16H2,(H,25,30)(H,26,27,31). The van der Waals surface area contributed by atoms with Gasteiger partial charge < -0.3 is 20.4 Å².